The van der Waals surface area contributed by atoms with Gasteiger partial charge in [0, 0.05) is 14.7 Å². The first kappa shape index (κ1) is 13.0. The summed E-state index contributed by atoms with van der Waals surface area (Å²) in [5, 5.41) is 1.16. The number of aryl methyl sites for hydroxylation is 1. The Morgan fingerprint density at radius 3 is 2.84 bits per heavy atom. The molecule has 0 amide bonds. The van der Waals surface area contributed by atoms with E-state index in [1.54, 1.807) is 12.1 Å². The van der Waals surface area contributed by atoms with E-state index < -0.39 is 0 Å². The molecule has 3 rings (SSSR count). The minimum absolute atomic E-state index is 0.304. The van der Waals surface area contributed by atoms with Crippen LogP contribution in [0.2, 0.25) is 5.15 Å². The van der Waals surface area contributed by atoms with E-state index in [1.807, 2.05) is 13.0 Å². The Balaban J connectivity index is 2.27. The van der Waals surface area contributed by atoms with Crippen LogP contribution in [0.25, 0.3) is 21.6 Å². The van der Waals surface area contributed by atoms with Gasteiger partial charge in [-0.2, -0.15) is 0 Å². The molecule has 0 unspecified atom stereocenters. The number of nitrogens with zero attached hydrogens (tertiary/aromatic N) is 2. The lowest BCUT2D eigenvalue weighted by molar-refractivity contribution is 0.630. The van der Waals surface area contributed by atoms with E-state index in [4.69, 9.17) is 11.6 Å². The van der Waals surface area contributed by atoms with Crippen molar-refractivity contribution >= 4 is 49.1 Å². The van der Waals surface area contributed by atoms with Crippen LogP contribution >= 0.6 is 38.9 Å². The Hall–Kier alpha value is -1.04. The normalized spacial score (nSPS) is 11.2. The molecule has 3 aromatic rings. The highest BCUT2D eigenvalue weighted by molar-refractivity contribution is 9.10. The Morgan fingerprint density at radius 1 is 1.26 bits per heavy atom. The van der Waals surface area contributed by atoms with Gasteiger partial charge in [0.25, 0.3) is 0 Å². The Labute approximate surface area is 126 Å². The van der Waals surface area contributed by atoms with Crippen molar-refractivity contribution in [1.82, 2.24) is 9.97 Å². The predicted molar refractivity (Wildman–Crippen MR) is 80.3 cm³/mol. The molecule has 0 saturated carbocycles. The summed E-state index contributed by atoms with van der Waals surface area (Å²) in [7, 11) is 0. The van der Waals surface area contributed by atoms with Crippen molar-refractivity contribution in [2.24, 2.45) is 0 Å². The summed E-state index contributed by atoms with van der Waals surface area (Å²) in [6.07, 6.45) is 0. The summed E-state index contributed by atoms with van der Waals surface area (Å²) in [5.41, 5.74) is 0.337. The fourth-order valence-electron chi connectivity index (χ4n) is 1.80. The average molecular weight is 358 g/mol. The number of benzene rings is 1. The lowest BCUT2D eigenvalue weighted by Crippen LogP contribution is -1.92. The molecule has 0 N–H and O–H groups in total. The molecule has 0 spiro atoms. The number of halogens is 3. The molecule has 6 heteroatoms. The van der Waals surface area contributed by atoms with Crippen molar-refractivity contribution in [2.75, 3.05) is 0 Å². The molecule has 1 aromatic carbocycles. The molecule has 0 radical (unpaired) electrons. The summed E-state index contributed by atoms with van der Waals surface area (Å²) >= 11 is 11.0. The van der Waals surface area contributed by atoms with Crippen molar-refractivity contribution in [3.8, 4) is 11.4 Å². The van der Waals surface area contributed by atoms with Crippen molar-refractivity contribution in [3.05, 3.63) is 44.6 Å². The van der Waals surface area contributed by atoms with Gasteiger partial charge in [0.05, 0.1) is 5.56 Å². The maximum absolute atomic E-state index is 13.9. The predicted octanol–water partition coefficient (Wildman–Crippen LogP) is 5.22. The summed E-state index contributed by atoms with van der Waals surface area (Å²) < 4.78 is 14.6. The number of hydrogen-bond donors (Lipinski definition) is 0. The first-order valence-electron chi connectivity index (χ1n) is 5.44. The quantitative estimate of drug-likeness (QED) is 0.558. The minimum Gasteiger partial charge on any atom is -0.217 e. The van der Waals surface area contributed by atoms with E-state index in [9.17, 15) is 4.39 Å². The van der Waals surface area contributed by atoms with E-state index in [1.165, 1.54) is 17.4 Å². The van der Waals surface area contributed by atoms with E-state index >= 15 is 0 Å². The molecule has 96 valence electrons. The topological polar surface area (TPSA) is 25.8 Å². The highest BCUT2D eigenvalue weighted by atomic mass is 79.9. The largest absolute Gasteiger partial charge is 0.217 e. The summed E-state index contributed by atoms with van der Waals surface area (Å²) in [6, 6.07) is 6.59. The first-order chi connectivity index (χ1) is 9.04. The summed E-state index contributed by atoms with van der Waals surface area (Å²) in [6.45, 7) is 1.97. The van der Waals surface area contributed by atoms with Crippen LogP contribution in [0.1, 0.15) is 4.88 Å². The van der Waals surface area contributed by atoms with E-state index in [0.29, 0.717) is 16.5 Å². The third kappa shape index (κ3) is 2.38. The zero-order chi connectivity index (χ0) is 13.6. The maximum atomic E-state index is 13.9. The molecule has 2 nitrogen and oxygen atoms in total. The second-order valence-electron chi connectivity index (χ2n) is 4.04. The Bertz CT molecular complexity index is 788. The lowest BCUT2D eigenvalue weighted by Gasteiger charge is -2.03. The summed E-state index contributed by atoms with van der Waals surface area (Å²) in [4.78, 5) is 10.4. The first-order valence-corrected chi connectivity index (χ1v) is 7.42. The number of thiophene rings is 1. The fourth-order valence-corrected chi connectivity index (χ4v) is 3.32. The van der Waals surface area contributed by atoms with Crippen LogP contribution in [0.5, 0.6) is 0 Å². The number of fused-ring (bicyclic) bond motifs is 1. The van der Waals surface area contributed by atoms with Gasteiger partial charge in [-0.25, -0.2) is 14.4 Å². The van der Waals surface area contributed by atoms with Gasteiger partial charge in [0.1, 0.15) is 15.8 Å². The van der Waals surface area contributed by atoms with Crippen LogP contribution in [0.3, 0.4) is 0 Å². The van der Waals surface area contributed by atoms with E-state index in [2.05, 4.69) is 25.9 Å². The van der Waals surface area contributed by atoms with Gasteiger partial charge in [-0.05, 0) is 31.2 Å². The zero-order valence-corrected chi connectivity index (χ0v) is 12.9. The SMILES string of the molecule is Cc1cc2c(Cl)nc(-c3cc(Br)ccc3F)nc2s1. The molecule has 0 atom stereocenters. The second kappa shape index (κ2) is 4.81. The van der Waals surface area contributed by atoms with Crippen LogP contribution in [-0.2, 0) is 0 Å². The van der Waals surface area contributed by atoms with Crippen molar-refractivity contribution in [2.45, 2.75) is 6.92 Å². The molecule has 0 saturated heterocycles. The third-order valence-electron chi connectivity index (χ3n) is 2.64. The molecule has 19 heavy (non-hydrogen) atoms. The van der Waals surface area contributed by atoms with Crippen LogP contribution in [-0.4, -0.2) is 9.97 Å². The van der Waals surface area contributed by atoms with Gasteiger partial charge < -0.3 is 0 Å². The molecule has 0 aliphatic carbocycles. The van der Waals surface area contributed by atoms with E-state index in [0.717, 1.165) is 19.6 Å². The van der Waals surface area contributed by atoms with Crippen LogP contribution in [0.15, 0.2) is 28.7 Å². The molecule has 0 bridgehead atoms. The van der Waals surface area contributed by atoms with Crippen LogP contribution in [0.4, 0.5) is 4.39 Å². The molecule has 0 aliphatic rings. The summed E-state index contributed by atoms with van der Waals surface area (Å²) in [5.74, 6) is -0.0648. The van der Waals surface area contributed by atoms with Gasteiger partial charge in [0.2, 0.25) is 0 Å². The van der Waals surface area contributed by atoms with Crippen LogP contribution in [0, 0.1) is 12.7 Å². The Morgan fingerprint density at radius 2 is 2.05 bits per heavy atom. The molecule has 0 fully saturated rings. The maximum Gasteiger partial charge on any atom is 0.165 e. The van der Waals surface area contributed by atoms with E-state index in [-0.39, 0.29) is 5.82 Å². The molecule has 0 aliphatic heterocycles. The van der Waals surface area contributed by atoms with Crippen molar-refractivity contribution < 1.29 is 4.39 Å². The number of rotatable bonds is 1. The lowest BCUT2D eigenvalue weighted by atomic mass is 10.2. The smallest absolute Gasteiger partial charge is 0.165 e. The van der Waals surface area contributed by atoms with Gasteiger partial charge in [-0.15, -0.1) is 11.3 Å². The van der Waals surface area contributed by atoms with Crippen LogP contribution < -0.4 is 0 Å². The van der Waals surface area contributed by atoms with Gasteiger partial charge in [0.15, 0.2) is 5.82 Å². The molecular weight excluding hydrogens is 351 g/mol. The van der Waals surface area contributed by atoms with Crippen molar-refractivity contribution in [1.29, 1.82) is 0 Å². The molecular formula is C13H7BrClFN2S. The highest BCUT2D eigenvalue weighted by Gasteiger charge is 2.13. The minimum atomic E-state index is -0.369. The third-order valence-corrected chi connectivity index (χ3v) is 4.36. The van der Waals surface area contributed by atoms with Gasteiger partial charge >= 0.3 is 0 Å². The highest BCUT2D eigenvalue weighted by Crippen LogP contribution is 2.32. The number of hydrogen-bond acceptors (Lipinski definition) is 3. The second-order valence-corrected chi connectivity index (χ2v) is 6.55. The average Bonchev–Trinajstić information content (AvgIpc) is 2.73. The Kier molecular flexibility index (Phi) is 3.28. The fraction of sp³-hybridized carbons (Fsp3) is 0.0769. The molecule has 2 aromatic heterocycles. The zero-order valence-electron chi connectivity index (χ0n) is 9.75. The monoisotopic (exact) mass is 356 g/mol. The number of aromatic nitrogens is 2. The molecule has 2 heterocycles. The standard InChI is InChI=1S/C13H7BrClFN2S/c1-6-4-9-11(15)17-12(18-13(9)19-6)8-5-7(14)2-3-10(8)16/h2-5H,1H3. The van der Waals surface area contributed by atoms with Gasteiger partial charge in [-0.1, -0.05) is 27.5 Å². The van der Waals surface area contributed by atoms with Gasteiger partial charge in [-0.3, -0.25) is 0 Å². The van der Waals surface area contributed by atoms with Crippen molar-refractivity contribution in [3.63, 3.8) is 0 Å².